The van der Waals surface area contributed by atoms with E-state index in [1.165, 1.54) is 35.4 Å². The van der Waals surface area contributed by atoms with Crippen LogP contribution in [0.15, 0.2) is 52.0 Å². The van der Waals surface area contributed by atoms with Crippen LogP contribution in [0, 0.1) is 0 Å². The summed E-state index contributed by atoms with van der Waals surface area (Å²) in [6, 6.07) is 9.28. The number of quaternary nitrogens is 1. The lowest BCUT2D eigenvalue weighted by atomic mass is 10.2. The van der Waals surface area contributed by atoms with E-state index < -0.39 is 10.0 Å². The summed E-state index contributed by atoms with van der Waals surface area (Å²) in [7, 11) is -3.67. The van der Waals surface area contributed by atoms with Crippen molar-refractivity contribution in [3.63, 3.8) is 0 Å². The highest BCUT2D eigenvalue weighted by molar-refractivity contribution is 7.89. The van der Waals surface area contributed by atoms with E-state index in [9.17, 15) is 13.2 Å². The first-order valence-corrected chi connectivity index (χ1v) is 10.8. The first kappa shape index (κ1) is 20.5. The van der Waals surface area contributed by atoms with Gasteiger partial charge in [0.05, 0.1) is 37.5 Å². The topological polar surface area (TPSA) is 102 Å². The fourth-order valence-electron chi connectivity index (χ4n) is 3.00. The van der Waals surface area contributed by atoms with Gasteiger partial charge < -0.3 is 19.4 Å². The van der Waals surface area contributed by atoms with Gasteiger partial charge in [-0.2, -0.15) is 0 Å². The number of carbonyl (C=O) groups is 1. The van der Waals surface area contributed by atoms with Crippen molar-refractivity contribution in [2.75, 3.05) is 39.4 Å². The molecule has 1 aromatic heterocycles. The average Bonchev–Trinajstić information content (AvgIpc) is 3.24. The molecule has 0 saturated carbocycles. The molecule has 3 rings (SSSR count). The summed E-state index contributed by atoms with van der Waals surface area (Å²) in [4.78, 5) is 13.8. The molecule has 1 aliphatic heterocycles. The second-order valence-electron chi connectivity index (χ2n) is 6.65. The fourth-order valence-corrected chi connectivity index (χ4v) is 3.99. The van der Waals surface area contributed by atoms with Crippen LogP contribution in [0.5, 0.6) is 0 Å². The van der Waals surface area contributed by atoms with E-state index in [-0.39, 0.29) is 17.3 Å². The van der Waals surface area contributed by atoms with Gasteiger partial charge in [-0.05, 0) is 36.4 Å². The van der Waals surface area contributed by atoms with E-state index in [0.29, 0.717) is 17.9 Å². The number of ether oxygens (including phenoxy) is 1. The number of rotatable bonds is 9. The first-order chi connectivity index (χ1) is 13.5. The van der Waals surface area contributed by atoms with Crippen molar-refractivity contribution in [1.29, 1.82) is 0 Å². The number of hydrogen-bond donors (Lipinski definition) is 3. The van der Waals surface area contributed by atoms with Crippen LogP contribution >= 0.6 is 0 Å². The zero-order valence-corrected chi connectivity index (χ0v) is 16.5. The minimum Gasteiger partial charge on any atom is -0.468 e. The maximum absolute atomic E-state index is 12.3. The summed E-state index contributed by atoms with van der Waals surface area (Å²) in [6.45, 7) is 5.29. The number of benzene rings is 1. The molecule has 0 radical (unpaired) electrons. The number of nitrogens with one attached hydrogen (secondary N) is 3. The third-order valence-corrected chi connectivity index (χ3v) is 6.05. The van der Waals surface area contributed by atoms with Crippen molar-refractivity contribution in [1.82, 2.24) is 10.0 Å². The number of carbonyl (C=O) groups excluding carboxylic acids is 1. The molecular formula is C19H26N3O5S+. The minimum atomic E-state index is -3.67. The number of morpholine rings is 1. The molecule has 152 valence electrons. The van der Waals surface area contributed by atoms with E-state index in [1.807, 2.05) is 0 Å². The summed E-state index contributed by atoms with van der Waals surface area (Å²) in [5.74, 6) is 0.322. The van der Waals surface area contributed by atoms with Crippen LogP contribution in [0.25, 0.3) is 0 Å². The molecular weight excluding hydrogens is 382 g/mol. The van der Waals surface area contributed by atoms with Gasteiger partial charge in [-0.15, -0.1) is 0 Å². The van der Waals surface area contributed by atoms with Crippen molar-refractivity contribution in [2.45, 2.75) is 17.9 Å². The number of hydrogen-bond acceptors (Lipinski definition) is 5. The molecule has 0 spiro atoms. The van der Waals surface area contributed by atoms with Gasteiger partial charge >= 0.3 is 0 Å². The third-order valence-electron chi connectivity index (χ3n) is 4.64. The summed E-state index contributed by atoms with van der Waals surface area (Å²) in [6.07, 6.45) is 2.38. The average molecular weight is 409 g/mol. The smallest absolute Gasteiger partial charge is 0.251 e. The highest BCUT2D eigenvalue weighted by atomic mass is 32.2. The van der Waals surface area contributed by atoms with Crippen LogP contribution in [0.2, 0.25) is 0 Å². The molecule has 0 aliphatic carbocycles. The maximum atomic E-state index is 12.3. The molecule has 0 atom stereocenters. The maximum Gasteiger partial charge on any atom is 0.251 e. The molecule has 2 heterocycles. The van der Waals surface area contributed by atoms with E-state index in [4.69, 9.17) is 9.15 Å². The highest BCUT2D eigenvalue weighted by Gasteiger charge is 2.16. The summed E-state index contributed by atoms with van der Waals surface area (Å²) in [5, 5.41) is 2.88. The Bertz CT molecular complexity index is 844. The van der Waals surface area contributed by atoms with Crippen LogP contribution in [-0.2, 0) is 21.3 Å². The Morgan fingerprint density at radius 3 is 2.54 bits per heavy atom. The molecule has 1 saturated heterocycles. The molecule has 8 nitrogen and oxygen atoms in total. The van der Waals surface area contributed by atoms with E-state index in [1.54, 1.807) is 12.1 Å². The number of furan rings is 1. The Balaban J connectivity index is 1.45. The summed E-state index contributed by atoms with van der Waals surface area (Å²) < 4.78 is 37.5. The number of amides is 1. The molecule has 3 N–H and O–H groups in total. The van der Waals surface area contributed by atoms with Gasteiger partial charge in [-0.1, -0.05) is 0 Å². The Labute approximate surface area is 164 Å². The van der Waals surface area contributed by atoms with E-state index in [2.05, 4.69) is 10.0 Å². The van der Waals surface area contributed by atoms with Crippen LogP contribution in [0.1, 0.15) is 22.5 Å². The molecule has 28 heavy (non-hydrogen) atoms. The van der Waals surface area contributed by atoms with Gasteiger partial charge in [0.25, 0.3) is 5.91 Å². The van der Waals surface area contributed by atoms with Crippen molar-refractivity contribution in [2.24, 2.45) is 0 Å². The summed E-state index contributed by atoms with van der Waals surface area (Å²) in [5.41, 5.74) is 0.434. The van der Waals surface area contributed by atoms with E-state index in [0.717, 1.165) is 39.3 Å². The SMILES string of the molecule is O=C(NCCC[NH+]1CCOCC1)c1ccc(S(=O)(=O)NCc2ccco2)cc1. The quantitative estimate of drug-likeness (QED) is 0.499. The van der Waals surface area contributed by atoms with Crippen LogP contribution in [-0.4, -0.2) is 53.7 Å². The largest absolute Gasteiger partial charge is 0.468 e. The predicted octanol–water partition coefficient (Wildman–Crippen LogP) is -0.207. The molecule has 0 bridgehead atoms. The van der Waals surface area contributed by atoms with Gasteiger partial charge in [-0.25, -0.2) is 13.1 Å². The Morgan fingerprint density at radius 2 is 1.86 bits per heavy atom. The lowest BCUT2D eigenvalue weighted by Gasteiger charge is -2.23. The zero-order valence-electron chi connectivity index (χ0n) is 15.6. The normalized spacial score (nSPS) is 15.4. The number of sulfonamides is 1. The lowest BCUT2D eigenvalue weighted by Crippen LogP contribution is -3.14. The molecule has 1 fully saturated rings. The van der Waals surface area contributed by atoms with E-state index >= 15 is 0 Å². The van der Waals surface area contributed by atoms with Crippen LogP contribution in [0.3, 0.4) is 0 Å². The predicted molar refractivity (Wildman–Crippen MR) is 103 cm³/mol. The monoisotopic (exact) mass is 408 g/mol. The molecule has 0 unspecified atom stereocenters. The van der Waals surface area contributed by atoms with Crippen molar-refractivity contribution >= 4 is 15.9 Å². The zero-order chi connectivity index (χ0) is 19.8. The van der Waals surface area contributed by atoms with Crippen molar-refractivity contribution < 1.29 is 27.3 Å². The van der Waals surface area contributed by atoms with Crippen LogP contribution in [0.4, 0.5) is 0 Å². The van der Waals surface area contributed by atoms with Gasteiger partial charge in [0.2, 0.25) is 10.0 Å². The Kier molecular flexibility index (Phi) is 7.21. The van der Waals surface area contributed by atoms with Crippen molar-refractivity contribution in [3.8, 4) is 0 Å². The van der Waals surface area contributed by atoms with Gasteiger partial charge in [0.1, 0.15) is 18.8 Å². The fraction of sp³-hybridized carbons (Fsp3) is 0.421. The Morgan fingerprint density at radius 1 is 1.11 bits per heavy atom. The summed E-state index contributed by atoms with van der Waals surface area (Å²) >= 11 is 0. The van der Waals surface area contributed by atoms with Gasteiger partial charge in [0, 0.05) is 18.5 Å². The van der Waals surface area contributed by atoms with Gasteiger partial charge in [-0.3, -0.25) is 4.79 Å². The molecule has 1 aliphatic rings. The second kappa shape index (κ2) is 9.83. The molecule has 2 aromatic rings. The third kappa shape index (κ3) is 5.90. The van der Waals surface area contributed by atoms with Crippen LogP contribution < -0.4 is 14.9 Å². The minimum absolute atomic E-state index is 0.0721. The lowest BCUT2D eigenvalue weighted by molar-refractivity contribution is -0.908. The second-order valence-corrected chi connectivity index (χ2v) is 8.42. The Hall–Kier alpha value is -2.20. The van der Waals surface area contributed by atoms with Gasteiger partial charge in [0.15, 0.2) is 0 Å². The highest BCUT2D eigenvalue weighted by Crippen LogP contribution is 2.11. The van der Waals surface area contributed by atoms with Crippen molar-refractivity contribution in [3.05, 3.63) is 54.0 Å². The molecule has 1 aromatic carbocycles. The standard InChI is InChI=1S/C19H25N3O5S/c23-19(20-8-2-9-22-10-13-26-14-11-22)16-4-6-18(7-5-16)28(24,25)21-15-17-3-1-12-27-17/h1,3-7,12,21H,2,8-11,13-15H2,(H,20,23)/p+1. The first-order valence-electron chi connectivity index (χ1n) is 9.36. The molecule has 1 amide bonds. The molecule has 9 heteroatoms.